The van der Waals surface area contributed by atoms with Gasteiger partial charge in [0.15, 0.2) is 23.0 Å². The van der Waals surface area contributed by atoms with Crippen LogP contribution in [0, 0.1) is 0 Å². The van der Waals surface area contributed by atoms with E-state index in [-0.39, 0.29) is 17.1 Å². The number of aromatic hydroxyl groups is 2. The number of hydrogen-bond acceptors (Lipinski definition) is 7. The predicted octanol–water partition coefficient (Wildman–Crippen LogP) is 3.59. The Labute approximate surface area is 184 Å². The fourth-order valence-corrected chi connectivity index (χ4v) is 3.70. The van der Waals surface area contributed by atoms with Gasteiger partial charge in [-0.15, -0.1) is 0 Å². The number of carboxylic acid groups (broad SMARTS) is 1. The summed E-state index contributed by atoms with van der Waals surface area (Å²) < 4.78 is 1.82. The minimum absolute atomic E-state index is 0.134. The number of phenolic OH excluding ortho intramolecular Hbond substituents is 2. The molecule has 2 aromatic heterocycles. The molecule has 4 aromatic rings. The van der Waals surface area contributed by atoms with E-state index in [1.54, 1.807) is 24.4 Å². The molecule has 0 fully saturated rings. The van der Waals surface area contributed by atoms with Gasteiger partial charge in [0.05, 0.1) is 28.5 Å². The van der Waals surface area contributed by atoms with Crippen molar-refractivity contribution in [2.24, 2.45) is 5.73 Å². The van der Waals surface area contributed by atoms with E-state index in [4.69, 9.17) is 5.73 Å². The van der Waals surface area contributed by atoms with E-state index in [0.717, 1.165) is 25.7 Å². The Kier molecular flexibility index (Phi) is 6.09. The number of benzene rings is 2. The molecule has 2 aromatic carbocycles. The van der Waals surface area contributed by atoms with Crippen LogP contribution in [0.2, 0.25) is 0 Å². The summed E-state index contributed by atoms with van der Waals surface area (Å²) in [6, 6.07) is 9.25. The fraction of sp³-hybridized carbons (Fsp3) is 0.261. The molecule has 166 valence electrons. The molecule has 0 spiro atoms. The highest BCUT2D eigenvalue weighted by atomic mass is 16.4. The van der Waals surface area contributed by atoms with Crippen molar-refractivity contribution in [3.05, 3.63) is 48.2 Å². The Hall–Kier alpha value is -3.85. The van der Waals surface area contributed by atoms with Gasteiger partial charge in [-0.05, 0) is 55.8 Å². The minimum Gasteiger partial charge on any atom is -0.504 e. The quantitative estimate of drug-likeness (QED) is 0.198. The first-order chi connectivity index (χ1) is 15.5. The van der Waals surface area contributed by atoms with Gasteiger partial charge in [-0.1, -0.05) is 12.8 Å². The van der Waals surface area contributed by atoms with Gasteiger partial charge in [0.1, 0.15) is 0 Å². The Morgan fingerprint density at radius 1 is 1.03 bits per heavy atom. The number of nitrogens with two attached hydrogens (primary N) is 1. The molecule has 4 rings (SSSR count). The number of carboxylic acids is 1. The van der Waals surface area contributed by atoms with Gasteiger partial charge in [0, 0.05) is 12.1 Å². The van der Waals surface area contributed by atoms with Crippen molar-refractivity contribution in [1.82, 2.24) is 14.4 Å². The Morgan fingerprint density at radius 2 is 1.84 bits per heavy atom. The summed E-state index contributed by atoms with van der Waals surface area (Å²) in [6.07, 6.45) is 5.75. The smallest absolute Gasteiger partial charge is 0.335 e. The number of nitrogens with one attached hydrogen (secondary N) is 1. The van der Waals surface area contributed by atoms with E-state index in [2.05, 4.69) is 15.3 Å². The SMILES string of the molecule is NCCCCCCNc1nc2ccc(C(=O)O)cc2n2c(-c3ccc(O)c(O)c3)cnc12. The molecule has 0 amide bonds. The van der Waals surface area contributed by atoms with Crippen LogP contribution < -0.4 is 11.1 Å². The van der Waals surface area contributed by atoms with E-state index < -0.39 is 5.97 Å². The zero-order valence-corrected chi connectivity index (χ0v) is 17.5. The number of anilines is 1. The average Bonchev–Trinajstić information content (AvgIpc) is 3.23. The molecule has 32 heavy (non-hydrogen) atoms. The summed E-state index contributed by atoms with van der Waals surface area (Å²) in [6.45, 7) is 1.41. The van der Waals surface area contributed by atoms with Crippen LogP contribution >= 0.6 is 0 Å². The lowest BCUT2D eigenvalue weighted by Gasteiger charge is -2.12. The number of carbonyl (C=O) groups is 1. The lowest BCUT2D eigenvalue weighted by atomic mass is 10.1. The molecule has 0 radical (unpaired) electrons. The monoisotopic (exact) mass is 435 g/mol. The highest BCUT2D eigenvalue weighted by Gasteiger charge is 2.17. The predicted molar refractivity (Wildman–Crippen MR) is 122 cm³/mol. The number of imidazole rings is 1. The summed E-state index contributed by atoms with van der Waals surface area (Å²) in [5.74, 6) is -0.922. The third-order valence-electron chi connectivity index (χ3n) is 5.36. The van der Waals surface area contributed by atoms with E-state index in [0.29, 0.717) is 46.8 Å². The maximum atomic E-state index is 11.5. The number of hydrogen-bond donors (Lipinski definition) is 5. The van der Waals surface area contributed by atoms with Gasteiger partial charge in [-0.25, -0.2) is 14.8 Å². The van der Waals surface area contributed by atoms with E-state index in [9.17, 15) is 20.1 Å². The lowest BCUT2D eigenvalue weighted by Crippen LogP contribution is -2.08. The van der Waals surface area contributed by atoms with Gasteiger partial charge >= 0.3 is 5.97 Å². The topological polar surface area (TPSA) is 146 Å². The van der Waals surface area contributed by atoms with Gasteiger partial charge in [-0.3, -0.25) is 4.40 Å². The molecule has 0 unspecified atom stereocenters. The van der Waals surface area contributed by atoms with E-state index in [1.165, 1.54) is 18.2 Å². The standard InChI is InChI=1S/C23H25N5O4/c24-9-3-1-2-4-10-25-21-22-26-13-18(14-6-8-19(29)20(30)12-14)28(22)17-11-15(23(31)32)5-7-16(17)27-21/h5-8,11-13,29-30H,1-4,9-10,24H2,(H,25,27)(H,31,32). The third kappa shape index (κ3) is 4.15. The highest BCUT2D eigenvalue weighted by Crippen LogP contribution is 2.33. The molecule has 0 atom stereocenters. The molecule has 9 heteroatoms. The van der Waals surface area contributed by atoms with Crippen LogP contribution in [0.3, 0.4) is 0 Å². The molecule has 0 aliphatic carbocycles. The zero-order valence-electron chi connectivity index (χ0n) is 17.5. The number of aromatic carboxylic acids is 1. The summed E-state index contributed by atoms with van der Waals surface area (Å²) in [5.41, 5.74) is 8.66. The molecule has 9 nitrogen and oxygen atoms in total. The van der Waals surface area contributed by atoms with Gasteiger partial charge in [0.25, 0.3) is 0 Å². The van der Waals surface area contributed by atoms with Gasteiger partial charge in [-0.2, -0.15) is 0 Å². The summed E-state index contributed by atoms with van der Waals surface area (Å²) >= 11 is 0. The van der Waals surface area contributed by atoms with E-state index in [1.807, 2.05) is 4.40 Å². The molecule has 0 saturated carbocycles. The molecule has 6 N–H and O–H groups in total. The largest absolute Gasteiger partial charge is 0.504 e. The van der Waals surface area contributed by atoms with Crippen molar-refractivity contribution in [3.63, 3.8) is 0 Å². The maximum absolute atomic E-state index is 11.5. The van der Waals surface area contributed by atoms with Crippen molar-refractivity contribution in [2.45, 2.75) is 25.7 Å². The van der Waals surface area contributed by atoms with Crippen molar-refractivity contribution in [2.75, 3.05) is 18.4 Å². The first-order valence-corrected chi connectivity index (χ1v) is 10.5. The number of unbranched alkanes of at least 4 members (excludes halogenated alkanes) is 3. The molecule has 2 heterocycles. The minimum atomic E-state index is -1.04. The Balaban J connectivity index is 1.81. The zero-order chi connectivity index (χ0) is 22.7. The Morgan fingerprint density at radius 3 is 2.59 bits per heavy atom. The van der Waals surface area contributed by atoms with Crippen LogP contribution in [0.4, 0.5) is 5.82 Å². The van der Waals surface area contributed by atoms with Crippen molar-refractivity contribution in [3.8, 4) is 22.8 Å². The maximum Gasteiger partial charge on any atom is 0.335 e. The van der Waals surface area contributed by atoms with Crippen LogP contribution in [0.5, 0.6) is 11.5 Å². The van der Waals surface area contributed by atoms with E-state index >= 15 is 0 Å². The van der Waals surface area contributed by atoms with Crippen LogP contribution in [0.25, 0.3) is 27.9 Å². The highest BCUT2D eigenvalue weighted by molar-refractivity contribution is 5.94. The molecule has 0 saturated heterocycles. The number of nitrogens with zero attached hydrogens (tertiary/aromatic N) is 3. The van der Waals surface area contributed by atoms with Gasteiger partial charge in [0.2, 0.25) is 0 Å². The second-order valence-corrected chi connectivity index (χ2v) is 7.60. The van der Waals surface area contributed by atoms with Crippen molar-refractivity contribution in [1.29, 1.82) is 0 Å². The molecular weight excluding hydrogens is 410 g/mol. The summed E-state index contributed by atoms with van der Waals surface area (Å²) in [5, 5.41) is 32.4. The number of fused-ring (bicyclic) bond motifs is 3. The molecule has 0 aliphatic heterocycles. The first-order valence-electron chi connectivity index (χ1n) is 10.5. The van der Waals surface area contributed by atoms with Gasteiger partial charge < -0.3 is 26.4 Å². The number of phenols is 2. The van der Waals surface area contributed by atoms with Crippen molar-refractivity contribution < 1.29 is 20.1 Å². The summed E-state index contributed by atoms with van der Waals surface area (Å²) in [4.78, 5) is 20.8. The molecule has 0 aliphatic rings. The fourth-order valence-electron chi connectivity index (χ4n) is 3.70. The second kappa shape index (κ2) is 9.11. The molecular formula is C23H25N5O4. The number of aromatic nitrogens is 3. The Bertz CT molecular complexity index is 1280. The van der Waals surface area contributed by atoms with Crippen LogP contribution in [-0.2, 0) is 0 Å². The lowest BCUT2D eigenvalue weighted by molar-refractivity contribution is 0.0697. The van der Waals surface area contributed by atoms with Crippen molar-refractivity contribution >= 4 is 28.5 Å². The van der Waals surface area contributed by atoms with Crippen LogP contribution in [0.15, 0.2) is 42.6 Å². The number of rotatable bonds is 9. The van der Waals surface area contributed by atoms with Crippen LogP contribution in [-0.4, -0.2) is 48.7 Å². The van der Waals surface area contributed by atoms with Crippen LogP contribution in [0.1, 0.15) is 36.0 Å². The normalized spacial score (nSPS) is 11.3. The molecule has 0 bridgehead atoms. The summed E-state index contributed by atoms with van der Waals surface area (Å²) in [7, 11) is 0. The second-order valence-electron chi connectivity index (χ2n) is 7.60. The average molecular weight is 435 g/mol. The third-order valence-corrected chi connectivity index (χ3v) is 5.36. The first kappa shape index (κ1) is 21.4.